The molecular weight excluding hydrogens is 203 g/mol. The van der Waals surface area contributed by atoms with Gasteiger partial charge in [0.1, 0.15) is 5.15 Å². The predicted octanol–water partition coefficient (Wildman–Crippen LogP) is 2.94. The van der Waals surface area contributed by atoms with Crippen LogP contribution < -0.4 is 0 Å². The number of hydrogen-bond donors (Lipinski definition) is 0. The van der Waals surface area contributed by atoms with Gasteiger partial charge in [0.2, 0.25) is 5.95 Å². The summed E-state index contributed by atoms with van der Waals surface area (Å²) in [5, 5.41) is 0.409. The van der Waals surface area contributed by atoms with Gasteiger partial charge in [-0.1, -0.05) is 17.7 Å². The summed E-state index contributed by atoms with van der Waals surface area (Å²) in [7, 11) is 0. The van der Waals surface area contributed by atoms with Gasteiger partial charge in [0.25, 0.3) is 0 Å². The number of hydrogen-bond acceptors (Lipinski definition) is 2. The molecule has 0 radical (unpaired) electrons. The van der Waals surface area contributed by atoms with Gasteiger partial charge in [0.05, 0.1) is 5.69 Å². The van der Waals surface area contributed by atoms with Gasteiger partial charge in [-0.25, -0.2) is 9.97 Å². The number of rotatable bonds is 1. The second-order valence-corrected chi connectivity index (χ2v) is 3.10. The highest BCUT2D eigenvalue weighted by Crippen LogP contribution is 2.17. The van der Waals surface area contributed by atoms with Gasteiger partial charge < -0.3 is 0 Å². The van der Waals surface area contributed by atoms with Crippen LogP contribution in [0.25, 0.3) is 11.3 Å². The van der Waals surface area contributed by atoms with Crippen molar-refractivity contribution in [2.45, 2.75) is 0 Å². The maximum Gasteiger partial charge on any atom is 0.212 e. The van der Waals surface area contributed by atoms with E-state index in [1.54, 1.807) is 24.3 Å². The Morgan fingerprint density at radius 1 is 1.14 bits per heavy atom. The molecular formula is C10H6ClFN2. The number of aromatic nitrogens is 2. The molecule has 0 aliphatic rings. The maximum absolute atomic E-state index is 12.5. The van der Waals surface area contributed by atoms with Crippen LogP contribution in [0.15, 0.2) is 36.5 Å². The van der Waals surface area contributed by atoms with Crippen LogP contribution in [0.4, 0.5) is 4.39 Å². The Morgan fingerprint density at radius 2 is 2.00 bits per heavy atom. The molecule has 0 spiro atoms. The molecule has 2 aromatic heterocycles. The van der Waals surface area contributed by atoms with Crippen LogP contribution in [0.5, 0.6) is 0 Å². The van der Waals surface area contributed by atoms with Crippen LogP contribution in [0.3, 0.4) is 0 Å². The lowest BCUT2D eigenvalue weighted by Gasteiger charge is -1.99. The highest BCUT2D eigenvalue weighted by atomic mass is 35.5. The van der Waals surface area contributed by atoms with E-state index in [4.69, 9.17) is 11.6 Å². The molecule has 2 nitrogen and oxygen atoms in total. The first kappa shape index (κ1) is 9.09. The van der Waals surface area contributed by atoms with Gasteiger partial charge in [-0.15, -0.1) is 0 Å². The standard InChI is InChI=1S/C10H6ClFN2/c11-9-3-1-2-8(14-9)7-4-5-10(12)13-6-7/h1-6H. The smallest absolute Gasteiger partial charge is 0.212 e. The van der Waals surface area contributed by atoms with Gasteiger partial charge >= 0.3 is 0 Å². The zero-order chi connectivity index (χ0) is 9.97. The zero-order valence-corrected chi connectivity index (χ0v) is 7.87. The quantitative estimate of drug-likeness (QED) is 0.674. The van der Waals surface area contributed by atoms with E-state index in [1.165, 1.54) is 12.3 Å². The molecule has 0 fully saturated rings. The Balaban J connectivity index is 2.44. The van der Waals surface area contributed by atoms with Crippen molar-refractivity contribution in [2.75, 3.05) is 0 Å². The molecule has 0 aromatic carbocycles. The summed E-state index contributed by atoms with van der Waals surface area (Å²) in [6, 6.07) is 8.16. The van der Waals surface area contributed by atoms with Crippen LogP contribution in [-0.2, 0) is 0 Å². The highest BCUT2D eigenvalue weighted by Gasteiger charge is 2.00. The molecule has 0 amide bonds. The summed E-state index contributed by atoms with van der Waals surface area (Å²) in [4.78, 5) is 7.61. The SMILES string of the molecule is Fc1ccc(-c2cccc(Cl)n2)cn1. The monoisotopic (exact) mass is 208 g/mol. The minimum atomic E-state index is -0.504. The van der Waals surface area contributed by atoms with Gasteiger partial charge in [-0.2, -0.15) is 4.39 Å². The Morgan fingerprint density at radius 3 is 2.64 bits per heavy atom. The van der Waals surface area contributed by atoms with Crippen molar-refractivity contribution >= 4 is 11.6 Å². The lowest BCUT2D eigenvalue weighted by Crippen LogP contribution is -1.86. The molecule has 2 heterocycles. The molecule has 0 N–H and O–H groups in total. The summed E-state index contributed by atoms with van der Waals surface area (Å²) in [5.74, 6) is -0.504. The molecule has 0 saturated carbocycles. The normalized spacial score (nSPS) is 10.1. The van der Waals surface area contributed by atoms with Crippen LogP contribution >= 0.6 is 11.6 Å². The minimum absolute atomic E-state index is 0.409. The van der Waals surface area contributed by atoms with E-state index in [9.17, 15) is 4.39 Å². The van der Waals surface area contributed by atoms with Gasteiger partial charge in [0, 0.05) is 11.8 Å². The minimum Gasteiger partial charge on any atom is -0.236 e. The fourth-order valence-electron chi connectivity index (χ4n) is 1.10. The number of pyridine rings is 2. The molecule has 0 aliphatic carbocycles. The Hall–Kier alpha value is -1.48. The third-order valence-electron chi connectivity index (χ3n) is 1.74. The predicted molar refractivity (Wildman–Crippen MR) is 52.4 cm³/mol. The summed E-state index contributed by atoms with van der Waals surface area (Å²) < 4.78 is 12.5. The van der Waals surface area contributed by atoms with E-state index < -0.39 is 5.95 Å². The van der Waals surface area contributed by atoms with Crippen molar-refractivity contribution in [2.24, 2.45) is 0 Å². The Bertz CT molecular complexity index is 442. The summed E-state index contributed by atoms with van der Waals surface area (Å²) in [6.07, 6.45) is 1.42. The zero-order valence-electron chi connectivity index (χ0n) is 7.11. The Kier molecular flexibility index (Phi) is 2.41. The highest BCUT2D eigenvalue weighted by molar-refractivity contribution is 6.29. The van der Waals surface area contributed by atoms with E-state index in [2.05, 4.69) is 9.97 Å². The molecule has 0 aliphatic heterocycles. The molecule has 0 bridgehead atoms. The first-order valence-corrected chi connectivity index (χ1v) is 4.38. The first-order valence-electron chi connectivity index (χ1n) is 4.00. The molecule has 14 heavy (non-hydrogen) atoms. The molecule has 4 heteroatoms. The first-order chi connectivity index (χ1) is 6.75. The van der Waals surface area contributed by atoms with Crippen LogP contribution in [0.1, 0.15) is 0 Å². The van der Waals surface area contributed by atoms with E-state index in [1.807, 2.05) is 0 Å². The molecule has 0 saturated heterocycles. The summed E-state index contributed by atoms with van der Waals surface area (Å²) >= 11 is 5.72. The van der Waals surface area contributed by atoms with Crippen molar-refractivity contribution in [3.8, 4) is 11.3 Å². The number of halogens is 2. The third kappa shape index (κ3) is 1.88. The lowest BCUT2D eigenvalue weighted by molar-refractivity contribution is 0.584. The summed E-state index contributed by atoms with van der Waals surface area (Å²) in [6.45, 7) is 0. The molecule has 2 aromatic rings. The van der Waals surface area contributed by atoms with Gasteiger partial charge in [0.15, 0.2) is 0 Å². The second-order valence-electron chi connectivity index (χ2n) is 2.72. The van der Waals surface area contributed by atoms with Crippen LogP contribution in [0.2, 0.25) is 5.15 Å². The largest absolute Gasteiger partial charge is 0.236 e. The van der Waals surface area contributed by atoms with Crippen molar-refractivity contribution < 1.29 is 4.39 Å². The number of nitrogens with zero attached hydrogens (tertiary/aromatic N) is 2. The second kappa shape index (κ2) is 3.72. The van der Waals surface area contributed by atoms with E-state index >= 15 is 0 Å². The molecule has 0 atom stereocenters. The van der Waals surface area contributed by atoms with Crippen molar-refractivity contribution in [1.82, 2.24) is 9.97 Å². The Labute approximate surface area is 85.4 Å². The molecule has 70 valence electrons. The van der Waals surface area contributed by atoms with Crippen LogP contribution in [-0.4, -0.2) is 9.97 Å². The topological polar surface area (TPSA) is 25.8 Å². The van der Waals surface area contributed by atoms with Gasteiger partial charge in [-0.05, 0) is 24.3 Å². The fraction of sp³-hybridized carbons (Fsp3) is 0. The van der Waals surface area contributed by atoms with E-state index in [-0.39, 0.29) is 0 Å². The van der Waals surface area contributed by atoms with Crippen molar-refractivity contribution in [3.63, 3.8) is 0 Å². The maximum atomic E-state index is 12.5. The van der Waals surface area contributed by atoms with Crippen molar-refractivity contribution in [3.05, 3.63) is 47.6 Å². The average molecular weight is 209 g/mol. The lowest BCUT2D eigenvalue weighted by atomic mass is 10.2. The molecule has 0 unspecified atom stereocenters. The van der Waals surface area contributed by atoms with Crippen LogP contribution in [0, 0.1) is 5.95 Å². The van der Waals surface area contributed by atoms with Gasteiger partial charge in [-0.3, -0.25) is 0 Å². The fourth-order valence-corrected chi connectivity index (χ4v) is 1.26. The van der Waals surface area contributed by atoms with E-state index in [0.717, 1.165) is 5.56 Å². The van der Waals surface area contributed by atoms with Crippen molar-refractivity contribution in [1.29, 1.82) is 0 Å². The van der Waals surface area contributed by atoms with E-state index in [0.29, 0.717) is 10.8 Å². The molecule has 2 rings (SSSR count). The third-order valence-corrected chi connectivity index (χ3v) is 1.95. The average Bonchev–Trinajstić information content (AvgIpc) is 2.19. The summed E-state index contributed by atoms with van der Waals surface area (Å²) in [5.41, 5.74) is 1.43.